The Labute approximate surface area is 205 Å². The van der Waals surface area contributed by atoms with E-state index in [0.717, 1.165) is 24.0 Å². The van der Waals surface area contributed by atoms with Gasteiger partial charge in [0.1, 0.15) is 18.1 Å². The van der Waals surface area contributed by atoms with E-state index in [9.17, 15) is 19.7 Å². The average molecular weight is 474 g/mol. The maximum Gasteiger partial charge on any atom is 0.455 e. The number of fused-ring (bicyclic) bond motifs is 4. The molecule has 0 amide bonds. The summed E-state index contributed by atoms with van der Waals surface area (Å²) in [6.45, 7) is 3.97. The molecule has 1 fully saturated rings. The van der Waals surface area contributed by atoms with Gasteiger partial charge in [0.05, 0.1) is 6.10 Å². The van der Waals surface area contributed by atoms with Crippen molar-refractivity contribution in [3.63, 3.8) is 0 Å². The summed E-state index contributed by atoms with van der Waals surface area (Å²) in [5.74, 6) is 0.273. The van der Waals surface area contributed by atoms with Crippen molar-refractivity contribution in [1.29, 1.82) is 0 Å². The van der Waals surface area contributed by atoms with Crippen molar-refractivity contribution in [2.45, 2.75) is 58.6 Å². The fourth-order valence-electron chi connectivity index (χ4n) is 6.24. The van der Waals surface area contributed by atoms with E-state index in [-0.39, 0.29) is 36.1 Å². The fourth-order valence-corrected chi connectivity index (χ4v) is 6.24. The minimum absolute atomic E-state index is 0.0179. The molecule has 1 saturated heterocycles. The Morgan fingerprint density at radius 2 is 1.86 bits per heavy atom. The maximum atomic E-state index is 13.6. The molecule has 5 rings (SSSR count). The molecule has 182 valence electrons. The highest BCUT2D eigenvalue weighted by atomic mass is 16.5. The van der Waals surface area contributed by atoms with E-state index in [1.165, 1.54) is 5.57 Å². The lowest BCUT2D eigenvalue weighted by Gasteiger charge is -2.47. The molecule has 3 aliphatic rings. The Morgan fingerprint density at radius 1 is 1.11 bits per heavy atom. The van der Waals surface area contributed by atoms with Gasteiger partial charge in [-0.2, -0.15) is 0 Å². The molecule has 2 N–H and O–H groups in total. The predicted molar refractivity (Wildman–Crippen MR) is 133 cm³/mol. The number of rotatable bonds is 6. The number of hydrogen-bond acceptors (Lipinski definition) is 6. The lowest BCUT2D eigenvalue weighted by Crippen LogP contribution is -2.50. The number of carbonyl (C=O) groups excluding carboxylic acids is 2. The highest BCUT2D eigenvalue weighted by Crippen LogP contribution is 2.51. The van der Waals surface area contributed by atoms with Gasteiger partial charge in [-0.05, 0) is 68.6 Å². The van der Waals surface area contributed by atoms with Gasteiger partial charge in [0.15, 0.2) is 11.6 Å². The molecule has 0 radical (unpaired) electrons. The number of ketones is 2. The summed E-state index contributed by atoms with van der Waals surface area (Å²) in [5, 5.41) is 19.9. The third kappa shape index (κ3) is 4.37. The molecule has 1 aromatic carbocycles. The molecule has 2 aliphatic carbocycles. The van der Waals surface area contributed by atoms with Gasteiger partial charge in [0.25, 0.3) is 0 Å². The van der Waals surface area contributed by atoms with Crippen LogP contribution in [0.2, 0.25) is 6.32 Å². The summed E-state index contributed by atoms with van der Waals surface area (Å²) in [6.07, 6.45) is 4.74. The van der Waals surface area contributed by atoms with Gasteiger partial charge >= 0.3 is 7.12 Å². The topological polar surface area (TPSA) is 97.0 Å². The molecule has 7 heteroatoms. The van der Waals surface area contributed by atoms with Crippen molar-refractivity contribution in [1.82, 2.24) is 0 Å². The Morgan fingerprint density at radius 3 is 2.54 bits per heavy atom. The van der Waals surface area contributed by atoms with Gasteiger partial charge in [-0.25, -0.2) is 0 Å². The first kappa shape index (κ1) is 24.0. The van der Waals surface area contributed by atoms with Crippen LogP contribution in [0.1, 0.15) is 71.8 Å². The minimum atomic E-state index is -0.966. The zero-order valence-corrected chi connectivity index (χ0v) is 20.2. The average Bonchev–Trinajstić information content (AvgIpc) is 3.32. The van der Waals surface area contributed by atoms with Crippen LogP contribution in [0.25, 0.3) is 6.08 Å². The van der Waals surface area contributed by atoms with E-state index >= 15 is 0 Å². The van der Waals surface area contributed by atoms with Crippen LogP contribution in [0.15, 0.2) is 57.5 Å². The second kappa shape index (κ2) is 9.73. The molecule has 2 aromatic rings. The summed E-state index contributed by atoms with van der Waals surface area (Å²) >= 11 is 0. The van der Waals surface area contributed by atoms with Crippen molar-refractivity contribution >= 4 is 24.8 Å². The number of furan rings is 1. The lowest BCUT2D eigenvalue weighted by atomic mass is 9.54. The quantitative estimate of drug-likeness (QED) is 0.458. The highest BCUT2D eigenvalue weighted by Gasteiger charge is 2.53. The molecule has 1 aromatic heterocycles. The first-order valence-corrected chi connectivity index (χ1v) is 12.5. The van der Waals surface area contributed by atoms with Crippen LogP contribution in [-0.2, 0) is 11.3 Å². The van der Waals surface area contributed by atoms with Gasteiger partial charge in [0.2, 0.25) is 0 Å². The highest BCUT2D eigenvalue weighted by molar-refractivity contribution is 6.43. The molecule has 2 heterocycles. The van der Waals surface area contributed by atoms with Crippen LogP contribution >= 0.6 is 0 Å². The summed E-state index contributed by atoms with van der Waals surface area (Å²) in [4.78, 5) is 27.0. The SMILES string of the molecule is CCC1=C2[C@@H](CC/C(C)=C/c3ccc(CO)o3)OB(O)C[C@@H]2[C@@H]2C(=O)c3ccccc3C(=O)[C@@H]2C1. The number of allylic oxidation sites excluding steroid dienone is 2. The van der Waals surface area contributed by atoms with E-state index < -0.39 is 13.0 Å². The lowest BCUT2D eigenvalue weighted by molar-refractivity contribution is 0.0599. The minimum Gasteiger partial charge on any atom is -0.459 e. The van der Waals surface area contributed by atoms with E-state index in [1.54, 1.807) is 24.3 Å². The van der Waals surface area contributed by atoms with Gasteiger partial charge < -0.3 is 19.2 Å². The second-order valence-electron chi connectivity index (χ2n) is 9.94. The van der Waals surface area contributed by atoms with Crippen LogP contribution in [0, 0.1) is 17.8 Å². The van der Waals surface area contributed by atoms with E-state index in [2.05, 4.69) is 6.92 Å². The molecule has 6 nitrogen and oxygen atoms in total. The van der Waals surface area contributed by atoms with E-state index in [0.29, 0.717) is 41.8 Å². The van der Waals surface area contributed by atoms with Crippen molar-refractivity contribution in [3.8, 4) is 0 Å². The van der Waals surface area contributed by atoms with Crippen LogP contribution < -0.4 is 0 Å². The van der Waals surface area contributed by atoms with E-state index in [1.807, 2.05) is 25.1 Å². The van der Waals surface area contributed by atoms with Gasteiger partial charge in [-0.1, -0.05) is 42.3 Å². The van der Waals surface area contributed by atoms with E-state index in [4.69, 9.17) is 9.07 Å². The van der Waals surface area contributed by atoms with Crippen LogP contribution in [0.4, 0.5) is 0 Å². The fraction of sp³-hybridized carbons (Fsp3) is 0.429. The first-order chi connectivity index (χ1) is 16.9. The number of hydrogen-bond donors (Lipinski definition) is 2. The van der Waals surface area contributed by atoms with Crippen LogP contribution in [-0.4, -0.2) is 34.9 Å². The van der Waals surface area contributed by atoms with Crippen LogP contribution in [0.3, 0.4) is 0 Å². The third-order valence-electron chi connectivity index (χ3n) is 7.82. The summed E-state index contributed by atoms with van der Waals surface area (Å²) in [7, 11) is -0.966. The monoisotopic (exact) mass is 474 g/mol. The molecule has 4 atom stereocenters. The molecule has 0 bridgehead atoms. The van der Waals surface area contributed by atoms with Crippen molar-refractivity contribution < 1.29 is 28.8 Å². The summed E-state index contributed by atoms with van der Waals surface area (Å²) < 4.78 is 11.6. The smallest absolute Gasteiger partial charge is 0.455 e. The van der Waals surface area contributed by atoms with Gasteiger partial charge in [0, 0.05) is 23.0 Å². The first-order valence-electron chi connectivity index (χ1n) is 12.5. The number of aliphatic hydroxyl groups is 1. The summed E-state index contributed by atoms with van der Waals surface area (Å²) in [5.41, 5.74) is 4.44. The zero-order valence-electron chi connectivity index (χ0n) is 20.2. The number of Topliss-reactive ketones (excluding diaryl/α,β-unsaturated/α-hetero) is 2. The Balaban J connectivity index is 1.43. The molecular weight excluding hydrogens is 443 g/mol. The second-order valence-corrected chi connectivity index (χ2v) is 9.94. The molecule has 0 saturated carbocycles. The summed E-state index contributed by atoms with van der Waals surface area (Å²) in [6, 6.07) is 10.7. The largest absolute Gasteiger partial charge is 0.459 e. The van der Waals surface area contributed by atoms with Crippen molar-refractivity contribution in [3.05, 3.63) is 75.8 Å². The standard InChI is InChI=1S/C28H31BO6/c1-3-17-13-22-26(28(32)21-7-5-4-6-20(21)27(22)31)23-14-29(33)35-24(25(17)23)11-8-16(2)12-18-9-10-19(15-30)34-18/h4-7,9-10,12,22-24,26,30,33H,3,8,11,13-15H2,1-2H3/b16-12+/t22-,23+,24-,26-/m1/s1. The Kier molecular flexibility index (Phi) is 6.66. The molecule has 0 spiro atoms. The number of aliphatic hydroxyl groups excluding tert-OH is 1. The molecule has 35 heavy (non-hydrogen) atoms. The molecular formula is C28H31BO6. The normalized spacial score (nSPS) is 26.5. The Bertz CT molecular complexity index is 1210. The van der Waals surface area contributed by atoms with Gasteiger partial charge in [-0.15, -0.1) is 0 Å². The third-order valence-corrected chi connectivity index (χ3v) is 7.82. The molecule has 1 aliphatic heterocycles. The predicted octanol–water partition coefficient (Wildman–Crippen LogP) is 4.87. The number of benzene rings is 1. The number of carbonyl (C=O) groups is 2. The van der Waals surface area contributed by atoms with Crippen molar-refractivity contribution in [2.24, 2.45) is 17.8 Å². The van der Waals surface area contributed by atoms with Crippen molar-refractivity contribution in [2.75, 3.05) is 0 Å². The maximum absolute atomic E-state index is 13.6. The molecule has 0 unspecified atom stereocenters. The van der Waals surface area contributed by atoms with Gasteiger partial charge in [-0.3, -0.25) is 9.59 Å². The Hall–Kier alpha value is -2.74. The van der Waals surface area contributed by atoms with Crippen LogP contribution in [0.5, 0.6) is 0 Å². The zero-order chi connectivity index (χ0) is 24.7.